The van der Waals surface area contributed by atoms with Crippen LogP contribution in [0.1, 0.15) is 29.2 Å². The van der Waals surface area contributed by atoms with Crippen LogP contribution < -0.4 is 5.32 Å². The molecule has 0 aliphatic carbocycles. The van der Waals surface area contributed by atoms with Gasteiger partial charge in [0.15, 0.2) is 0 Å². The molecular formula is C13H22N2S. The van der Waals surface area contributed by atoms with Gasteiger partial charge in [-0.15, -0.1) is 11.3 Å². The Morgan fingerprint density at radius 3 is 2.81 bits per heavy atom. The summed E-state index contributed by atoms with van der Waals surface area (Å²) in [5.74, 6) is 0. The molecule has 1 aliphatic rings. The molecule has 0 bridgehead atoms. The van der Waals surface area contributed by atoms with E-state index in [9.17, 15) is 0 Å². The molecule has 0 saturated carbocycles. The molecule has 2 unspecified atom stereocenters. The molecule has 3 heteroatoms. The first-order chi connectivity index (χ1) is 7.56. The standard InChI is InChI=1S/C13H22N2S/c1-9-7-15(10(2)6-14-9)8-13-5-11(3)16-12(13)4/h5,9-10,14H,6-8H2,1-4H3. The SMILES string of the molecule is Cc1cc(CN2CC(C)NCC2C)c(C)s1. The first-order valence-electron chi connectivity index (χ1n) is 6.09. The Kier molecular flexibility index (Phi) is 3.67. The van der Waals surface area contributed by atoms with E-state index in [0.717, 1.165) is 19.6 Å². The Morgan fingerprint density at radius 1 is 1.44 bits per heavy atom. The van der Waals surface area contributed by atoms with Gasteiger partial charge < -0.3 is 5.32 Å². The maximum Gasteiger partial charge on any atom is 0.0248 e. The van der Waals surface area contributed by atoms with Crippen molar-refractivity contribution in [2.75, 3.05) is 13.1 Å². The largest absolute Gasteiger partial charge is 0.311 e. The maximum atomic E-state index is 3.53. The molecule has 2 atom stereocenters. The summed E-state index contributed by atoms with van der Waals surface area (Å²) < 4.78 is 0. The van der Waals surface area contributed by atoms with Crippen molar-refractivity contribution in [1.29, 1.82) is 0 Å². The lowest BCUT2D eigenvalue weighted by atomic mass is 10.1. The van der Waals surface area contributed by atoms with Crippen LogP contribution in [0.5, 0.6) is 0 Å². The summed E-state index contributed by atoms with van der Waals surface area (Å²) in [7, 11) is 0. The Labute approximate surface area is 103 Å². The number of piperazine rings is 1. The second-order valence-electron chi connectivity index (χ2n) is 5.03. The van der Waals surface area contributed by atoms with Crippen LogP contribution in [0.4, 0.5) is 0 Å². The first-order valence-corrected chi connectivity index (χ1v) is 6.91. The predicted octanol–water partition coefficient (Wildman–Crippen LogP) is 2.55. The second-order valence-corrected chi connectivity index (χ2v) is 6.49. The van der Waals surface area contributed by atoms with Gasteiger partial charge in [-0.2, -0.15) is 0 Å². The molecule has 2 rings (SSSR count). The van der Waals surface area contributed by atoms with Gasteiger partial charge in [-0.05, 0) is 39.3 Å². The van der Waals surface area contributed by atoms with Crippen molar-refractivity contribution in [2.24, 2.45) is 0 Å². The minimum atomic E-state index is 0.622. The van der Waals surface area contributed by atoms with Crippen LogP contribution in [0.25, 0.3) is 0 Å². The van der Waals surface area contributed by atoms with Crippen LogP contribution >= 0.6 is 11.3 Å². The lowest BCUT2D eigenvalue weighted by Crippen LogP contribution is -2.53. The minimum Gasteiger partial charge on any atom is -0.311 e. The van der Waals surface area contributed by atoms with Gasteiger partial charge in [0.05, 0.1) is 0 Å². The molecule has 0 spiro atoms. The van der Waals surface area contributed by atoms with E-state index in [4.69, 9.17) is 0 Å². The molecule has 16 heavy (non-hydrogen) atoms. The Hall–Kier alpha value is -0.380. The van der Waals surface area contributed by atoms with E-state index in [1.807, 2.05) is 11.3 Å². The molecular weight excluding hydrogens is 216 g/mol. The van der Waals surface area contributed by atoms with E-state index in [1.165, 1.54) is 15.3 Å². The van der Waals surface area contributed by atoms with Gasteiger partial charge in [0, 0.05) is 41.5 Å². The lowest BCUT2D eigenvalue weighted by Gasteiger charge is -2.37. The van der Waals surface area contributed by atoms with E-state index in [1.54, 1.807) is 0 Å². The number of nitrogens with zero attached hydrogens (tertiary/aromatic N) is 1. The molecule has 1 aromatic rings. The summed E-state index contributed by atoms with van der Waals surface area (Å²) in [5, 5.41) is 3.53. The average molecular weight is 238 g/mol. The molecule has 1 N–H and O–H groups in total. The normalized spacial score (nSPS) is 27.2. The van der Waals surface area contributed by atoms with E-state index in [2.05, 4.69) is 44.0 Å². The number of thiophene rings is 1. The fraction of sp³-hybridized carbons (Fsp3) is 0.692. The van der Waals surface area contributed by atoms with Crippen LogP contribution in [-0.2, 0) is 6.54 Å². The van der Waals surface area contributed by atoms with Gasteiger partial charge in [0.2, 0.25) is 0 Å². The van der Waals surface area contributed by atoms with Crippen molar-refractivity contribution in [1.82, 2.24) is 10.2 Å². The minimum absolute atomic E-state index is 0.622. The summed E-state index contributed by atoms with van der Waals surface area (Å²) in [6.07, 6.45) is 0. The highest BCUT2D eigenvalue weighted by atomic mass is 32.1. The summed E-state index contributed by atoms with van der Waals surface area (Å²) in [4.78, 5) is 5.51. The molecule has 0 aromatic carbocycles. The molecule has 1 fully saturated rings. The lowest BCUT2D eigenvalue weighted by molar-refractivity contribution is 0.139. The highest BCUT2D eigenvalue weighted by Crippen LogP contribution is 2.23. The van der Waals surface area contributed by atoms with Gasteiger partial charge in [-0.1, -0.05) is 0 Å². The Morgan fingerprint density at radius 2 is 2.19 bits per heavy atom. The zero-order valence-electron chi connectivity index (χ0n) is 10.7. The van der Waals surface area contributed by atoms with Crippen molar-refractivity contribution < 1.29 is 0 Å². The van der Waals surface area contributed by atoms with Crippen LogP contribution in [0.3, 0.4) is 0 Å². The zero-order valence-corrected chi connectivity index (χ0v) is 11.5. The quantitative estimate of drug-likeness (QED) is 0.852. The Bertz CT molecular complexity index is 359. The third-order valence-corrected chi connectivity index (χ3v) is 4.42. The highest BCUT2D eigenvalue weighted by molar-refractivity contribution is 7.12. The van der Waals surface area contributed by atoms with Gasteiger partial charge in [0.1, 0.15) is 0 Å². The zero-order chi connectivity index (χ0) is 11.7. The number of nitrogens with one attached hydrogen (secondary N) is 1. The van der Waals surface area contributed by atoms with Gasteiger partial charge in [-0.25, -0.2) is 0 Å². The molecule has 1 aromatic heterocycles. The first kappa shape index (κ1) is 12.1. The molecule has 90 valence electrons. The molecule has 2 heterocycles. The van der Waals surface area contributed by atoms with E-state index >= 15 is 0 Å². The van der Waals surface area contributed by atoms with Crippen LogP contribution in [0.2, 0.25) is 0 Å². The topological polar surface area (TPSA) is 15.3 Å². The monoisotopic (exact) mass is 238 g/mol. The van der Waals surface area contributed by atoms with E-state index < -0.39 is 0 Å². The second kappa shape index (κ2) is 4.86. The number of hydrogen-bond acceptors (Lipinski definition) is 3. The summed E-state index contributed by atoms with van der Waals surface area (Å²) >= 11 is 1.92. The summed E-state index contributed by atoms with van der Waals surface area (Å²) in [5.41, 5.74) is 1.52. The maximum absolute atomic E-state index is 3.53. The van der Waals surface area contributed by atoms with Crippen molar-refractivity contribution in [2.45, 2.75) is 46.3 Å². The predicted molar refractivity (Wildman–Crippen MR) is 71.1 cm³/mol. The smallest absolute Gasteiger partial charge is 0.0248 e. The third-order valence-electron chi connectivity index (χ3n) is 3.41. The fourth-order valence-electron chi connectivity index (χ4n) is 2.38. The van der Waals surface area contributed by atoms with Gasteiger partial charge >= 0.3 is 0 Å². The molecule has 1 saturated heterocycles. The average Bonchev–Trinajstić information content (AvgIpc) is 2.51. The Balaban J connectivity index is 2.05. The fourth-order valence-corrected chi connectivity index (χ4v) is 3.32. The summed E-state index contributed by atoms with van der Waals surface area (Å²) in [6, 6.07) is 3.62. The number of rotatable bonds is 2. The van der Waals surface area contributed by atoms with Crippen LogP contribution in [0, 0.1) is 13.8 Å². The van der Waals surface area contributed by atoms with Crippen LogP contribution in [0.15, 0.2) is 6.07 Å². The summed E-state index contributed by atoms with van der Waals surface area (Å²) in [6.45, 7) is 12.4. The molecule has 0 amide bonds. The van der Waals surface area contributed by atoms with Crippen LogP contribution in [-0.4, -0.2) is 30.1 Å². The number of aryl methyl sites for hydroxylation is 2. The van der Waals surface area contributed by atoms with Crippen molar-refractivity contribution in [3.05, 3.63) is 21.4 Å². The number of hydrogen-bond donors (Lipinski definition) is 1. The van der Waals surface area contributed by atoms with Crippen molar-refractivity contribution in [3.8, 4) is 0 Å². The molecule has 0 radical (unpaired) electrons. The highest BCUT2D eigenvalue weighted by Gasteiger charge is 2.22. The van der Waals surface area contributed by atoms with Gasteiger partial charge in [-0.3, -0.25) is 4.90 Å². The van der Waals surface area contributed by atoms with Crippen molar-refractivity contribution in [3.63, 3.8) is 0 Å². The van der Waals surface area contributed by atoms with Crippen molar-refractivity contribution >= 4 is 11.3 Å². The molecule has 1 aliphatic heterocycles. The third kappa shape index (κ3) is 2.65. The molecule has 2 nitrogen and oxygen atoms in total. The van der Waals surface area contributed by atoms with E-state index in [-0.39, 0.29) is 0 Å². The van der Waals surface area contributed by atoms with E-state index in [0.29, 0.717) is 12.1 Å². The van der Waals surface area contributed by atoms with Gasteiger partial charge in [0.25, 0.3) is 0 Å².